The van der Waals surface area contributed by atoms with E-state index in [9.17, 15) is 8.78 Å². The van der Waals surface area contributed by atoms with E-state index in [0.29, 0.717) is 17.1 Å². The van der Waals surface area contributed by atoms with Crippen LogP contribution in [-0.2, 0) is 6.54 Å². The molecule has 0 atom stereocenters. The van der Waals surface area contributed by atoms with Gasteiger partial charge in [0.25, 0.3) is 0 Å². The van der Waals surface area contributed by atoms with E-state index in [2.05, 4.69) is 33.2 Å². The molecule has 6 heteroatoms. The first-order valence-corrected chi connectivity index (χ1v) is 7.59. The highest BCUT2D eigenvalue weighted by molar-refractivity contribution is 9.10. The highest BCUT2D eigenvalue weighted by atomic mass is 79.9. The zero-order valence-corrected chi connectivity index (χ0v) is 12.7. The molecule has 0 spiro atoms. The summed E-state index contributed by atoms with van der Waals surface area (Å²) >= 11 is 4.50. The Labute approximate surface area is 123 Å². The Morgan fingerprint density at radius 3 is 2.89 bits per heavy atom. The van der Waals surface area contributed by atoms with Gasteiger partial charge in [-0.2, -0.15) is 0 Å². The lowest BCUT2D eigenvalue weighted by Gasteiger charge is -2.03. The van der Waals surface area contributed by atoms with Gasteiger partial charge in [0.05, 0.1) is 10.2 Å². The lowest BCUT2D eigenvalue weighted by molar-refractivity contribution is 0.505. The van der Waals surface area contributed by atoms with Gasteiger partial charge >= 0.3 is 0 Å². The molecule has 2 aromatic rings. The minimum Gasteiger partial charge on any atom is -0.311 e. The highest BCUT2D eigenvalue weighted by Crippen LogP contribution is 2.33. The maximum Gasteiger partial charge on any atom is 0.173 e. The van der Waals surface area contributed by atoms with Crippen LogP contribution in [0.15, 0.2) is 22.0 Å². The van der Waals surface area contributed by atoms with Gasteiger partial charge in [-0.1, -0.05) is 6.92 Å². The van der Waals surface area contributed by atoms with Crippen LogP contribution in [0, 0.1) is 11.6 Å². The molecule has 0 fully saturated rings. The fourth-order valence-corrected chi connectivity index (χ4v) is 3.09. The zero-order valence-electron chi connectivity index (χ0n) is 10.3. The predicted octanol–water partition coefficient (Wildman–Crippen LogP) is 4.35. The molecule has 1 aromatic heterocycles. The number of benzene rings is 1. The molecular formula is C13H13BrF2N2S. The number of thiazole rings is 1. The molecule has 2 nitrogen and oxygen atoms in total. The summed E-state index contributed by atoms with van der Waals surface area (Å²) in [5.74, 6) is -1.74. The number of halogens is 3. The molecule has 1 heterocycles. The number of hydrogen-bond donors (Lipinski definition) is 1. The molecule has 2 rings (SSSR count). The van der Waals surface area contributed by atoms with Gasteiger partial charge in [0, 0.05) is 17.5 Å². The molecule has 0 aliphatic rings. The second-order valence-electron chi connectivity index (χ2n) is 4.04. The SMILES string of the molecule is CCCNCc1csc(-c2ccc(F)c(F)c2Br)n1. The quantitative estimate of drug-likeness (QED) is 0.643. The van der Waals surface area contributed by atoms with E-state index >= 15 is 0 Å². The van der Waals surface area contributed by atoms with Gasteiger partial charge in [0.15, 0.2) is 11.6 Å². The summed E-state index contributed by atoms with van der Waals surface area (Å²) in [6.07, 6.45) is 1.06. The molecule has 0 saturated carbocycles. The Morgan fingerprint density at radius 1 is 1.37 bits per heavy atom. The highest BCUT2D eigenvalue weighted by Gasteiger charge is 2.14. The first-order chi connectivity index (χ1) is 9.13. The van der Waals surface area contributed by atoms with E-state index in [1.807, 2.05) is 5.38 Å². The van der Waals surface area contributed by atoms with Crippen LogP contribution < -0.4 is 5.32 Å². The van der Waals surface area contributed by atoms with E-state index in [4.69, 9.17) is 0 Å². The van der Waals surface area contributed by atoms with Crippen LogP contribution in [0.1, 0.15) is 19.0 Å². The van der Waals surface area contributed by atoms with Gasteiger partial charge in [0.1, 0.15) is 5.01 Å². The fraction of sp³-hybridized carbons (Fsp3) is 0.308. The molecule has 102 valence electrons. The third-order valence-electron chi connectivity index (χ3n) is 2.55. The molecule has 1 aromatic carbocycles. The summed E-state index contributed by atoms with van der Waals surface area (Å²) in [6.45, 7) is 3.71. The topological polar surface area (TPSA) is 24.9 Å². The van der Waals surface area contributed by atoms with E-state index < -0.39 is 11.6 Å². The van der Waals surface area contributed by atoms with Gasteiger partial charge in [0.2, 0.25) is 0 Å². The van der Waals surface area contributed by atoms with Crippen molar-refractivity contribution in [1.82, 2.24) is 10.3 Å². The van der Waals surface area contributed by atoms with E-state index in [0.717, 1.165) is 24.7 Å². The first-order valence-electron chi connectivity index (χ1n) is 5.92. The van der Waals surface area contributed by atoms with Crippen molar-refractivity contribution >= 4 is 27.3 Å². The molecule has 0 bridgehead atoms. The van der Waals surface area contributed by atoms with Crippen LogP contribution in [0.25, 0.3) is 10.6 Å². The monoisotopic (exact) mass is 346 g/mol. The number of aromatic nitrogens is 1. The van der Waals surface area contributed by atoms with Crippen LogP contribution >= 0.6 is 27.3 Å². The van der Waals surface area contributed by atoms with Crippen molar-refractivity contribution in [3.8, 4) is 10.6 Å². The maximum absolute atomic E-state index is 13.5. The molecule has 1 N–H and O–H groups in total. The Kier molecular flexibility index (Phi) is 5.01. The summed E-state index contributed by atoms with van der Waals surface area (Å²) in [7, 11) is 0. The average Bonchev–Trinajstić information content (AvgIpc) is 2.85. The fourth-order valence-electron chi connectivity index (χ4n) is 1.60. The third kappa shape index (κ3) is 3.38. The van der Waals surface area contributed by atoms with Gasteiger partial charge in [-0.05, 0) is 41.0 Å². The van der Waals surface area contributed by atoms with Gasteiger partial charge in [-0.25, -0.2) is 13.8 Å². The zero-order chi connectivity index (χ0) is 13.8. The summed E-state index contributed by atoms with van der Waals surface area (Å²) in [6, 6.07) is 2.65. The van der Waals surface area contributed by atoms with Crippen LogP contribution in [0.5, 0.6) is 0 Å². The standard InChI is InChI=1S/C13H13BrF2N2S/c1-2-5-17-6-8-7-19-13(18-8)9-3-4-10(15)12(16)11(9)14/h3-4,7,17H,2,5-6H2,1H3. The molecule has 0 aliphatic carbocycles. The lowest BCUT2D eigenvalue weighted by Crippen LogP contribution is -2.13. The van der Waals surface area contributed by atoms with Crippen LogP contribution in [-0.4, -0.2) is 11.5 Å². The summed E-state index contributed by atoms with van der Waals surface area (Å²) in [5.41, 5.74) is 1.48. The summed E-state index contributed by atoms with van der Waals surface area (Å²) in [5, 5.41) is 5.85. The predicted molar refractivity (Wildman–Crippen MR) is 77.2 cm³/mol. The van der Waals surface area contributed by atoms with Crippen molar-refractivity contribution in [3.05, 3.63) is 39.3 Å². The largest absolute Gasteiger partial charge is 0.311 e. The van der Waals surface area contributed by atoms with Gasteiger partial charge in [-0.15, -0.1) is 11.3 Å². The van der Waals surface area contributed by atoms with E-state index in [1.54, 1.807) is 0 Å². The van der Waals surface area contributed by atoms with Crippen molar-refractivity contribution in [2.24, 2.45) is 0 Å². The molecule has 0 radical (unpaired) electrons. The summed E-state index contributed by atoms with van der Waals surface area (Å²) in [4.78, 5) is 4.42. The number of nitrogens with zero attached hydrogens (tertiary/aromatic N) is 1. The number of nitrogens with one attached hydrogen (secondary N) is 1. The molecule has 19 heavy (non-hydrogen) atoms. The van der Waals surface area contributed by atoms with E-state index in [1.165, 1.54) is 17.4 Å². The molecular weight excluding hydrogens is 334 g/mol. The van der Waals surface area contributed by atoms with Crippen molar-refractivity contribution in [1.29, 1.82) is 0 Å². The Hall–Kier alpha value is -0.850. The number of hydrogen-bond acceptors (Lipinski definition) is 3. The lowest BCUT2D eigenvalue weighted by atomic mass is 10.2. The second-order valence-corrected chi connectivity index (χ2v) is 5.69. The average molecular weight is 347 g/mol. The van der Waals surface area contributed by atoms with E-state index in [-0.39, 0.29) is 4.47 Å². The van der Waals surface area contributed by atoms with Crippen LogP contribution in [0.3, 0.4) is 0 Å². The molecule has 0 amide bonds. The normalized spacial score (nSPS) is 10.9. The van der Waals surface area contributed by atoms with Crippen molar-refractivity contribution in [2.45, 2.75) is 19.9 Å². The maximum atomic E-state index is 13.5. The minimum absolute atomic E-state index is 0.120. The second kappa shape index (κ2) is 6.54. The Morgan fingerprint density at radius 2 is 2.16 bits per heavy atom. The molecule has 0 unspecified atom stereocenters. The van der Waals surface area contributed by atoms with Crippen LogP contribution in [0.2, 0.25) is 0 Å². The minimum atomic E-state index is -0.877. The smallest absolute Gasteiger partial charge is 0.173 e. The number of rotatable bonds is 5. The third-order valence-corrected chi connectivity index (χ3v) is 4.25. The van der Waals surface area contributed by atoms with Crippen LogP contribution in [0.4, 0.5) is 8.78 Å². The molecule has 0 aliphatic heterocycles. The van der Waals surface area contributed by atoms with Crippen molar-refractivity contribution in [3.63, 3.8) is 0 Å². The molecule has 0 saturated heterocycles. The first kappa shape index (κ1) is 14.6. The van der Waals surface area contributed by atoms with Gasteiger partial charge < -0.3 is 5.32 Å². The van der Waals surface area contributed by atoms with Crippen molar-refractivity contribution in [2.75, 3.05) is 6.54 Å². The Balaban J connectivity index is 2.21. The van der Waals surface area contributed by atoms with Gasteiger partial charge in [-0.3, -0.25) is 0 Å². The Bertz CT molecular complexity index is 572. The summed E-state index contributed by atoms with van der Waals surface area (Å²) < 4.78 is 26.6. The van der Waals surface area contributed by atoms with Crippen molar-refractivity contribution < 1.29 is 8.78 Å².